The van der Waals surface area contributed by atoms with Crippen LogP contribution in [-0.2, 0) is 12.1 Å². The first kappa shape index (κ1) is 19.6. The van der Waals surface area contributed by atoms with Crippen LogP contribution in [0, 0.1) is 13.8 Å². The van der Waals surface area contributed by atoms with Gasteiger partial charge in [0.15, 0.2) is 0 Å². The van der Waals surface area contributed by atoms with Crippen molar-refractivity contribution < 1.29 is 9.63 Å². The zero-order chi connectivity index (χ0) is 21.8. The second-order valence-corrected chi connectivity index (χ2v) is 8.79. The molecule has 1 N–H and O–H groups in total. The Bertz CT molecular complexity index is 1380. The van der Waals surface area contributed by atoms with Gasteiger partial charge in [0.1, 0.15) is 5.76 Å². The van der Waals surface area contributed by atoms with Crippen molar-refractivity contribution in [3.63, 3.8) is 0 Å². The molecule has 0 atom stereocenters. The molecule has 0 aliphatic carbocycles. The molecule has 0 saturated carbocycles. The largest absolute Gasteiger partial charge is 0.386 e. The number of benzene rings is 3. The standard InChI is InChI=1S/C27H26N2O2/c1-17-26(18(2)31-28-17)20-10-12-22-23-13-11-21(27(3,4)30)15-25(23)29(24(22)14-20)16-19-8-6-5-7-9-19/h5-15,30H,16H2,1-4H3. The summed E-state index contributed by atoms with van der Waals surface area (Å²) in [6.45, 7) is 8.34. The molecular formula is C27H26N2O2. The average Bonchev–Trinajstić information content (AvgIpc) is 3.24. The van der Waals surface area contributed by atoms with Crippen LogP contribution in [0.25, 0.3) is 32.9 Å². The van der Waals surface area contributed by atoms with Gasteiger partial charge in [0, 0.05) is 28.4 Å². The van der Waals surface area contributed by atoms with Gasteiger partial charge in [-0.15, -0.1) is 0 Å². The van der Waals surface area contributed by atoms with Crippen molar-refractivity contribution in [1.82, 2.24) is 9.72 Å². The van der Waals surface area contributed by atoms with Crippen LogP contribution in [0.3, 0.4) is 0 Å². The molecule has 5 aromatic rings. The second-order valence-electron chi connectivity index (χ2n) is 8.79. The molecule has 31 heavy (non-hydrogen) atoms. The van der Waals surface area contributed by atoms with Gasteiger partial charge < -0.3 is 14.2 Å². The monoisotopic (exact) mass is 410 g/mol. The molecule has 0 saturated heterocycles. The summed E-state index contributed by atoms with van der Waals surface area (Å²) in [6, 6.07) is 23.3. The number of fused-ring (bicyclic) bond motifs is 3. The minimum Gasteiger partial charge on any atom is -0.386 e. The van der Waals surface area contributed by atoms with Crippen molar-refractivity contribution in [1.29, 1.82) is 0 Å². The first-order valence-corrected chi connectivity index (χ1v) is 10.6. The maximum atomic E-state index is 10.6. The normalized spacial score (nSPS) is 12.2. The van der Waals surface area contributed by atoms with Gasteiger partial charge in [-0.05, 0) is 56.5 Å². The Morgan fingerprint density at radius 1 is 0.903 bits per heavy atom. The SMILES string of the molecule is Cc1noc(C)c1-c1ccc2c3ccc(C(C)(C)O)cc3n(Cc3ccccc3)c2c1. The van der Waals surface area contributed by atoms with E-state index in [1.165, 1.54) is 16.3 Å². The minimum atomic E-state index is -0.899. The summed E-state index contributed by atoms with van der Waals surface area (Å²) < 4.78 is 7.76. The summed E-state index contributed by atoms with van der Waals surface area (Å²) in [5, 5.41) is 17.1. The lowest BCUT2D eigenvalue weighted by Gasteiger charge is -2.18. The molecule has 2 heterocycles. The highest BCUT2D eigenvalue weighted by atomic mass is 16.5. The Morgan fingerprint density at radius 3 is 2.23 bits per heavy atom. The molecule has 0 unspecified atom stereocenters. The molecule has 0 fully saturated rings. The maximum absolute atomic E-state index is 10.6. The van der Waals surface area contributed by atoms with Crippen molar-refractivity contribution in [2.24, 2.45) is 0 Å². The Labute approximate surface area is 181 Å². The van der Waals surface area contributed by atoms with Crippen LogP contribution >= 0.6 is 0 Å². The van der Waals surface area contributed by atoms with Gasteiger partial charge in [0.25, 0.3) is 0 Å². The fraction of sp³-hybridized carbons (Fsp3) is 0.222. The van der Waals surface area contributed by atoms with Crippen LogP contribution < -0.4 is 0 Å². The molecule has 0 aliphatic heterocycles. The number of aryl methyl sites for hydroxylation is 2. The summed E-state index contributed by atoms with van der Waals surface area (Å²) in [7, 11) is 0. The third kappa shape index (κ3) is 3.33. The maximum Gasteiger partial charge on any atom is 0.141 e. The molecule has 0 bridgehead atoms. The number of nitrogens with zero attached hydrogens (tertiary/aromatic N) is 2. The predicted molar refractivity (Wildman–Crippen MR) is 125 cm³/mol. The summed E-state index contributed by atoms with van der Waals surface area (Å²) in [5.41, 5.74) is 6.56. The number of aromatic nitrogens is 2. The zero-order valence-corrected chi connectivity index (χ0v) is 18.3. The van der Waals surface area contributed by atoms with Gasteiger partial charge in [0.2, 0.25) is 0 Å². The third-order valence-electron chi connectivity index (χ3n) is 6.08. The van der Waals surface area contributed by atoms with Crippen molar-refractivity contribution >= 4 is 21.8 Å². The molecule has 0 aliphatic rings. The molecule has 0 radical (unpaired) electrons. The number of aliphatic hydroxyl groups is 1. The molecule has 0 spiro atoms. The van der Waals surface area contributed by atoms with Crippen LogP contribution in [0.1, 0.15) is 36.4 Å². The highest BCUT2D eigenvalue weighted by Gasteiger charge is 2.20. The van der Waals surface area contributed by atoms with E-state index in [4.69, 9.17) is 4.52 Å². The van der Waals surface area contributed by atoms with E-state index in [0.29, 0.717) is 0 Å². The number of rotatable bonds is 4. The molecular weight excluding hydrogens is 384 g/mol. The van der Waals surface area contributed by atoms with E-state index in [9.17, 15) is 5.11 Å². The molecule has 3 aromatic carbocycles. The van der Waals surface area contributed by atoms with Crippen LogP contribution in [0.5, 0.6) is 0 Å². The third-order valence-corrected chi connectivity index (χ3v) is 6.08. The van der Waals surface area contributed by atoms with E-state index >= 15 is 0 Å². The lowest BCUT2D eigenvalue weighted by Crippen LogP contribution is -2.15. The second kappa shape index (κ2) is 7.10. The first-order chi connectivity index (χ1) is 14.8. The summed E-state index contributed by atoms with van der Waals surface area (Å²) in [6.07, 6.45) is 0. The van der Waals surface area contributed by atoms with E-state index in [1.54, 1.807) is 0 Å². The van der Waals surface area contributed by atoms with Crippen LogP contribution in [0.2, 0.25) is 0 Å². The topological polar surface area (TPSA) is 51.2 Å². The van der Waals surface area contributed by atoms with Gasteiger partial charge in [-0.25, -0.2) is 0 Å². The lowest BCUT2D eigenvalue weighted by molar-refractivity contribution is 0.0787. The van der Waals surface area contributed by atoms with Gasteiger partial charge >= 0.3 is 0 Å². The zero-order valence-electron chi connectivity index (χ0n) is 18.3. The van der Waals surface area contributed by atoms with Crippen LogP contribution in [0.15, 0.2) is 71.3 Å². The Kier molecular flexibility index (Phi) is 4.49. The molecule has 156 valence electrons. The highest BCUT2D eigenvalue weighted by Crippen LogP contribution is 2.36. The fourth-order valence-corrected chi connectivity index (χ4v) is 4.46. The smallest absolute Gasteiger partial charge is 0.141 e. The van der Waals surface area contributed by atoms with Crippen molar-refractivity contribution in [2.45, 2.75) is 39.8 Å². The summed E-state index contributed by atoms with van der Waals surface area (Å²) in [5.74, 6) is 0.826. The van der Waals surface area contributed by atoms with Gasteiger partial charge in [-0.3, -0.25) is 0 Å². The minimum absolute atomic E-state index is 0.751. The van der Waals surface area contributed by atoms with Gasteiger partial charge in [0.05, 0.1) is 16.8 Å². The molecule has 0 amide bonds. The lowest BCUT2D eigenvalue weighted by atomic mass is 9.97. The first-order valence-electron chi connectivity index (χ1n) is 10.6. The van der Waals surface area contributed by atoms with Crippen molar-refractivity contribution in [2.75, 3.05) is 0 Å². The molecule has 2 aromatic heterocycles. The predicted octanol–water partition coefficient (Wildman–Crippen LogP) is 6.34. The fourth-order valence-electron chi connectivity index (χ4n) is 4.46. The summed E-state index contributed by atoms with van der Waals surface area (Å²) >= 11 is 0. The van der Waals surface area contributed by atoms with E-state index in [0.717, 1.165) is 45.7 Å². The van der Waals surface area contributed by atoms with E-state index in [1.807, 2.05) is 39.8 Å². The molecule has 5 rings (SSSR count). The Hall–Kier alpha value is -3.37. The van der Waals surface area contributed by atoms with Crippen molar-refractivity contribution in [3.8, 4) is 11.1 Å². The number of hydrogen-bond donors (Lipinski definition) is 1. The quantitative estimate of drug-likeness (QED) is 0.376. The molecule has 4 heteroatoms. The van der Waals surface area contributed by atoms with Crippen LogP contribution in [0.4, 0.5) is 0 Å². The van der Waals surface area contributed by atoms with E-state index in [-0.39, 0.29) is 0 Å². The van der Waals surface area contributed by atoms with Gasteiger partial charge in [-0.2, -0.15) is 0 Å². The van der Waals surface area contributed by atoms with Crippen LogP contribution in [-0.4, -0.2) is 14.8 Å². The Morgan fingerprint density at radius 2 is 1.58 bits per heavy atom. The van der Waals surface area contributed by atoms with Crippen molar-refractivity contribution in [3.05, 3.63) is 89.3 Å². The van der Waals surface area contributed by atoms with E-state index < -0.39 is 5.60 Å². The highest BCUT2D eigenvalue weighted by molar-refractivity contribution is 6.09. The van der Waals surface area contributed by atoms with E-state index in [2.05, 4.69) is 64.3 Å². The van der Waals surface area contributed by atoms with Gasteiger partial charge in [-0.1, -0.05) is 59.8 Å². The molecule has 4 nitrogen and oxygen atoms in total. The number of hydrogen-bond acceptors (Lipinski definition) is 3. The Balaban J connectivity index is 1.80. The summed E-state index contributed by atoms with van der Waals surface area (Å²) in [4.78, 5) is 0. The average molecular weight is 411 g/mol.